The number of hydrazone groups is 1. The van der Waals surface area contributed by atoms with E-state index in [0.717, 1.165) is 27.6 Å². The molecule has 0 saturated carbocycles. The summed E-state index contributed by atoms with van der Waals surface area (Å²) in [6.07, 6.45) is 1.60. The first-order valence-corrected chi connectivity index (χ1v) is 10.4. The van der Waals surface area contributed by atoms with E-state index < -0.39 is 0 Å². The van der Waals surface area contributed by atoms with Crippen molar-refractivity contribution in [2.75, 3.05) is 7.11 Å². The van der Waals surface area contributed by atoms with Crippen LogP contribution in [0.25, 0.3) is 10.8 Å². The van der Waals surface area contributed by atoms with Gasteiger partial charge in [-0.15, -0.1) is 0 Å². The van der Waals surface area contributed by atoms with Crippen LogP contribution in [0.2, 0.25) is 5.02 Å². The molecular weight excluding hydrogens is 424 g/mol. The molecule has 0 aliphatic rings. The monoisotopic (exact) mass is 444 g/mol. The predicted molar refractivity (Wildman–Crippen MR) is 128 cm³/mol. The third kappa shape index (κ3) is 5.07. The summed E-state index contributed by atoms with van der Waals surface area (Å²) in [5.41, 5.74) is 4.83. The number of halogens is 1. The van der Waals surface area contributed by atoms with Crippen LogP contribution in [0.1, 0.15) is 21.5 Å². The standard InChI is InChI=1S/C26H21ClN2O3/c1-31-25-15-10-19-4-2-3-5-23(19)24(25)16-28-29-26(30)20-8-6-18(7-9-20)17-32-22-13-11-21(27)12-14-22/h2-16H,17H2,1H3,(H,29,30)/b28-16-. The molecule has 0 radical (unpaired) electrons. The van der Waals surface area contributed by atoms with E-state index in [0.29, 0.717) is 22.9 Å². The van der Waals surface area contributed by atoms with Crippen molar-refractivity contribution in [2.24, 2.45) is 5.10 Å². The number of amides is 1. The van der Waals surface area contributed by atoms with Gasteiger partial charge < -0.3 is 9.47 Å². The molecule has 5 nitrogen and oxygen atoms in total. The summed E-state index contributed by atoms with van der Waals surface area (Å²) >= 11 is 5.88. The van der Waals surface area contributed by atoms with Gasteiger partial charge in [-0.3, -0.25) is 4.79 Å². The smallest absolute Gasteiger partial charge is 0.271 e. The lowest BCUT2D eigenvalue weighted by molar-refractivity contribution is 0.0955. The molecule has 4 aromatic rings. The second-order valence-corrected chi connectivity index (χ2v) is 7.48. The summed E-state index contributed by atoms with van der Waals surface area (Å²) in [6.45, 7) is 0.391. The molecule has 0 heterocycles. The Morgan fingerprint density at radius 1 is 0.969 bits per heavy atom. The molecule has 0 saturated heterocycles. The van der Waals surface area contributed by atoms with Gasteiger partial charge >= 0.3 is 0 Å². The van der Waals surface area contributed by atoms with Gasteiger partial charge in [0, 0.05) is 16.1 Å². The Hall–Kier alpha value is -3.83. The Morgan fingerprint density at radius 2 is 1.72 bits per heavy atom. The van der Waals surface area contributed by atoms with Crippen molar-refractivity contribution in [1.29, 1.82) is 0 Å². The zero-order valence-electron chi connectivity index (χ0n) is 17.4. The number of fused-ring (bicyclic) bond motifs is 1. The summed E-state index contributed by atoms with van der Waals surface area (Å²) < 4.78 is 11.2. The summed E-state index contributed by atoms with van der Waals surface area (Å²) in [6, 6.07) is 26.2. The highest BCUT2D eigenvalue weighted by Crippen LogP contribution is 2.26. The number of nitrogens with one attached hydrogen (secondary N) is 1. The fourth-order valence-electron chi connectivity index (χ4n) is 3.26. The van der Waals surface area contributed by atoms with Gasteiger partial charge in [-0.05, 0) is 58.8 Å². The van der Waals surface area contributed by atoms with Crippen LogP contribution in [0.3, 0.4) is 0 Å². The number of hydrogen-bond donors (Lipinski definition) is 1. The van der Waals surface area contributed by atoms with Crippen LogP contribution in [0.15, 0.2) is 90.0 Å². The van der Waals surface area contributed by atoms with Crippen molar-refractivity contribution in [3.8, 4) is 11.5 Å². The van der Waals surface area contributed by atoms with Crippen LogP contribution >= 0.6 is 11.6 Å². The quantitative estimate of drug-likeness (QED) is 0.287. The van der Waals surface area contributed by atoms with E-state index in [1.807, 2.05) is 60.7 Å². The van der Waals surface area contributed by atoms with Gasteiger partial charge in [0.05, 0.1) is 13.3 Å². The second-order valence-electron chi connectivity index (χ2n) is 7.04. The molecule has 0 aliphatic carbocycles. The number of carbonyl (C=O) groups is 1. The molecule has 1 N–H and O–H groups in total. The van der Waals surface area contributed by atoms with Crippen molar-refractivity contribution >= 4 is 34.5 Å². The average molecular weight is 445 g/mol. The zero-order chi connectivity index (χ0) is 22.3. The summed E-state index contributed by atoms with van der Waals surface area (Å²) in [5.74, 6) is 1.12. The fraction of sp³-hybridized carbons (Fsp3) is 0.0769. The molecule has 0 aromatic heterocycles. The Labute approximate surface area is 191 Å². The van der Waals surface area contributed by atoms with Crippen molar-refractivity contribution in [3.05, 3.63) is 107 Å². The van der Waals surface area contributed by atoms with Crippen LogP contribution < -0.4 is 14.9 Å². The average Bonchev–Trinajstić information content (AvgIpc) is 2.84. The Bertz CT molecular complexity index is 1250. The maximum Gasteiger partial charge on any atom is 0.271 e. The van der Waals surface area contributed by atoms with Crippen LogP contribution in [-0.4, -0.2) is 19.2 Å². The van der Waals surface area contributed by atoms with Crippen molar-refractivity contribution in [2.45, 2.75) is 6.61 Å². The summed E-state index contributed by atoms with van der Waals surface area (Å²) in [7, 11) is 1.61. The van der Waals surface area contributed by atoms with Crippen molar-refractivity contribution in [3.63, 3.8) is 0 Å². The number of benzene rings is 4. The number of nitrogens with zero attached hydrogens (tertiary/aromatic N) is 1. The van der Waals surface area contributed by atoms with Crippen LogP contribution in [-0.2, 0) is 6.61 Å². The van der Waals surface area contributed by atoms with Gasteiger partial charge in [-0.1, -0.05) is 54.1 Å². The lowest BCUT2D eigenvalue weighted by Crippen LogP contribution is -2.17. The van der Waals surface area contributed by atoms with Gasteiger partial charge in [-0.2, -0.15) is 5.10 Å². The summed E-state index contributed by atoms with van der Waals surface area (Å²) in [5, 5.41) is 6.87. The van der Waals surface area contributed by atoms with Crippen molar-refractivity contribution < 1.29 is 14.3 Å². The molecule has 160 valence electrons. The molecule has 4 aromatic carbocycles. The molecule has 0 spiro atoms. The molecule has 6 heteroatoms. The third-order valence-corrected chi connectivity index (χ3v) is 5.20. The van der Waals surface area contributed by atoms with E-state index in [4.69, 9.17) is 21.1 Å². The molecule has 0 atom stereocenters. The maximum atomic E-state index is 12.5. The molecular formula is C26H21ClN2O3. The van der Waals surface area contributed by atoms with E-state index in [2.05, 4.69) is 10.5 Å². The normalized spacial score (nSPS) is 10.9. The number of rotatable bonds is 7. The first kappa shape index (κ1) is 21.4. The minimum atomic E-state index is -0.300. The Kier molecular flexibility index (Phi) is 6.68. The topological polar surface area (TPSA) is 59.9 Å². The van der Waals surface area contributed by atoms with Gasteiger partial charge in [0.15, 0.2) is 0 Å². The first-order valence-electron chi connectivity index (χ1n) is 10.0. The Balaban J connectivity index is 1.40. The molecule has 0 bridgehead atoms. The van der Waals surface area contributed by atoms with Crippen LogP contribution in [0.4, 0.5) is 0 Å². The number of hydrogen-bond acceptors (Lipinski definition) is 4. The highest BCUT2D eigenvalue weighted by atomic mass is 35.5. The van der Waals surface area contributed by atoms with Crippen molar-refractivity contribution in [1.82, 2.24) is 5.43 Å². The maximum absolute atomic E-state index is 12.5. The van der Waals surface area contributed by atoms with Crippen LogP contribution in [0.5, 0.6) is 11.5 Å². The van der Waals surface area contributed by atoms with Gasteiger partial charge in [0.2, 0.25) is 0 Å². The fourth-order valence-corrected chi connectivity index (χ4v) is 3.38. The summed E-state index contributed by atoms with van der Waals surface area (Å²) in [4.78, 5) is 12.5. The lowest BCUT2D eigenvalue weighted by atomic mass is 10.0. The second kappa shape index (κ2) is 9.98. The molecule has 1 amide bonds. The first-order chi connectivity index (χ1) is 15.6. The van der Waals surface area contributed by atoms with Gasteiger partial charge in [0.25, 0.3) is 5.91 Å². The highest BCUT2D eigenvalue weighted by Gasteiger charge is 2.08. The van der Waals surface area contributed by atoms with E-state index in [1.54, 1.807) is 37.6 Å². The largest absolute Gasteiger partial charge is 0.496 e. The predicted octanol–water partition coefficient (Wildman–Crippen LogP) is 5.84. The molecule has 0 aliphatic heterocycles. The van der Waals surface area contributed by atoms with E-state index in [9.17, 15) is 4.79 Å². The minimum Gasteiger partial charge on any atom is -0.496 e. The molecule has 4 rings (SSSR count). The SMILES string of the molecule is COc1ccc2ccccc2c1/C=N\NC(=O)c1ccc(COc2ccc(Cl)cc2)cc1. The Morgan fingerprint density at radius 3 is 2.47 bits per heavy atom. The molecule has 0 unspecified atom stereocenters. The number of carbonyl (C=O) groups excluding carboxylic acids is 1. The van der Waals surface area contributed by atoms with Gasteiger partial charge in [0.1, 0.15) is 18.1 Å². The van der Waals surface area contributed by atoms with Crippen LogP contribution in [0, 0.1) is 0 Å². The van der Waals surface area contributed by atoms with E-state index in [1.165, 1.54) is 0 Å². The van der Waals surface area contributed by atoms with Gasteiger partial charge in [-0.25, -0.2) is 5.43 Å². The highest BCUT2D eigenvalue weighted by molar-refractivity contribution is 6.30. The third-order valence-electron chi connectivity index (χ3n) is 4.95. The molecule has 32 heavy (non-hydrogen) atoms. The molecule has 0 fully saturated rings. The number of ether oxygens (including phenoxy) is 2. The number of methoxy groups -OCH3 is 1. The zero-order valence-corrected chi connectivity index (χ0v) is 18.2. The minimum absolute atomic E-state index is 0.300. The van der Waals surface area contributed by atoms with E-state index >= 15 is 0 Å². The van der Waals surface area contributed by atoms with E-state index in [-0.39, 0.29) is 5.91 Å². The lowest BCUT2D eigenvalue weighted by Gasteiger charge is -2.08.